The molecule has 0 saturated carbocycles. The van der Waals surface area contributed by atoms with Crippen LogP contribution in [0.5, 0.6) is 0 Å². The maximum Gasteiger partial charge on any atom is 0.318 e. The highest BCUT2D eigenvalue weighted by Gasteiger charge is 2.34. The average Bonchev–Trinajstić information content (AvgIpc) is 3.09. The van der Waals surface area contributed by atoms with Crippen LogP contribution in [0.2, 0.25) is 5.02 Å². The van der Waals surface area contributed by atoms with Gasteiger partial charge in [0.2, 0.25) is 0 Å². The minimum absolute atomic E-state index is 0.294. The van der Waals surface area contributed by atoms with Gasteiger partial charge in [-0.15, -0.1) is 0 Å². The van der Waals surface area contributed by atoms with E-state index in [2.05, 4.69) is 15.2 Å². The molecule has 1 atom stereocenters. The molecule has 0 aliphatic carbocycles. The second kappa shape index (κ2) is 10.6. The smallest absolute Gasteiger partial charge is 0.318 e. The van der Waals surface area contributed by atoms with Crippen molar-refractivity contribution in [2.45, 2.75) is 25.3 Å². The predicted molar refractivity (Wildman–Crippen MR) is 144 cm³/mol. The van der Waals surface area contributed by atoms with Gasteiger partial charge in [-0.05, 0) is 49.6 Å². The van der Waals surface area contributed by atoms with E-state index in [0.29, 0.717) is 62.0 Å². The second-order valence-corrected chi connectivity index (χ2v) is 9.80. The zero-order valence-corrected chi connectivity index (χ0v) is 21.2. The Kier molecular flexibility index (Phi) is 7.14. The predicted octanol–water partition coefficient (Wildman–Crippen LogP) is 3.52. The van der Waals surface area contributed by atoms with Crippen LogP contribution in [-0.2, 0) is 4.79 Å². The number of carbonyl (C=O) groups excluding carboxylic acids is 3. The first-order chi connectivity index (χ1) is 17.9. The third-order valence-corrected chi connectivity index (χ3v) is 7.16. The van der Waals surface area contributed by atoms with E-state index in [-0.39, 0.29) is 17.8 Å². The fourth-order valence-corrected chi connectivity index (χ4v) is 5.13. The van der Waals surface area contributed by atoms with Crippen LogP contribution in [0.25, 0.3) is 10.9 Å². The molecule has 3 heterocycles. The first kappa shape index (κ1) is 24.8. The van der Waals surface area contributed by atoms with Crippen molar-refractivity contribution >= 4 is 51.9 Å². The molecule has 3 aromatic rings. The molecule has 5 rings (SSSR count). The Labute approximate surface area is 220 Å². The van der Waals surface area contributed by atoms with Gasteiger partial charge in [-0.25, -0.2) is 9.78 Å². The van der Waals surface area contributed by atoms with E-state index in [9.17, 15) is 14.4 Å². The Balaban J connectivity index is 1.23. The SMILES string of the molecule is Nc1cc(N2CCN(C(=O)NC3CCCCN(C(=O)c4ccccc4)C3=O)CC2)c2ccc(Cl)cc2n1. The third kappa shape index (κ3) is 5.32. The normalized spacial score (nSPS) is 18.6. The Morgan fingerprint density at radius 3 is 2.49 bits per heavy atom. The number of halogens is 1. The maximum atomic E-state index is 13.2. The van der Waals surface area contributed by atoms with Gasteiger partial charge in [-0.3, -0.25) is 14.5 Å². The number of hydrogen-bond acceptors (Lipinski definition) is 6. The lowest BCUT2D eigenvalue weighted by Crippen LogP contribution is -2.56. The summed E-state index contributed by atoms with van der Waals surface area (Å²) in [4.78, 5) is 48.8. The summed E-state index contributed by atoms with van der Waals surface area (Å²) in [5, 5.41) is 4.44. The van der Waals surface area contributed by atoms with Gasteiger partial charge in [0.15, 0.2) is 0 Å². The van der Waals surface area contributed by atoms with Gasteiger partial charge in [0.1, 0.15) is 11.9 Å². The second-order valence-electron chi connectivity index (χ2n) is 9.36. The van der Waals surface area contributed by atoms with Gasteiger partial charge in [0.05, 0.1) is 5.52 Å². The number of likely N-dealkylation sites (tertiary alicyclic amines) is 1. The van der Waals surface area contributed by atoms with Crippen LogP contribution in [0.3, 0.4) is 0 Å². The lowest BCUT2D eigenvalue weighted by atomic mass is 10.1. The lowest BCUT2D eigenvalue weighted by molar-refractivity contribution is -0.130. The Hall–Kier alpha value is -3.85. The minimum atomic E-state index is -0.727. The molecule has 192 valence electrons. The van der Waals surface area contributed by atoms with Gasteiger partial charge in [0, 0.05) is 60.4 Å². The number of urea groups is 1. The van der Waals surface area contributed by atoms with Gasteiger partial charge >= 0.3 is 6.03 Å². The number of fused-ring (bicyclic) bond motifs is 1. The zero-order valence-electron chi connectivity index (χ0n) is 20.4. The fraction of sp³-hybridized carbons (Fsp3) is 0.333. The molecule has 2 saturated heterocycles. The van der Waals surface area contributed by atoms with E-state index in [0.717, 1.165) is 23.0 Å². The molecule has 2 aliphatic rings. The number of imide groups is 1. The molecule has 0 spiro atoms. The highest BCUT2D eigenvalue weighted by atomic mass is 35.5. The number of nitrogens with two attached hydrogens (primary N) is 1. The van der Waals surface area contributed by atoms with E-state index in [1.54, 1.807) is 35.2 Å². The van der Waals surface area contributed by atoms with Crippen molar-refractivity contribution < 1.29 is 14.4 Å². The van der Waals surface area contributed by atoms with Crippen molar-refractivity contribution in [2.24, 2.45) is 0 Å². The zero-order chi connectivity index (χ0) is 25.9. The summed E-state index contributed by atoms with van der Waals surface area (Å²) in [5.74, 6) is -0.271. The Morgan fingerprint density at radius 1 is 0.973 bits per heavy atom. The van der Waals surface area contributed by atoms with E-state index in [4.69, 9.17) is 17.3 Å². The number of rotatable bonds is 3. The van der Waals surface area contributed by atoms with Crippen LogP contribution in [0.1, 0.15) is 29.6 Å². The van der Waals surface area contributed by atoms with Gasteiger partial charge in [0.25, 0.3) is 11.8 Å². The molecule has 0 bridgehead atoms. The molecule has 3 N–H and O–H groups in total. The van der Waals surface area contributed by atoms with Crippen molar-refractivity contribution in [1.82, 2.24) is 20.1 Å². The largest absolute Gasteiger partial charge is 0.384 e. The third-order valence-electron chi connectivity index (χ3n) is 6.93. The first-order valence-electron chi connectivity index (χ1n) is 12.5. The highest BCUT2D eigenvalue weighted by Crippen LogP contribution is 2.30. The summed E-state index contributed by atoms with van der Waals surface area (Å²) < 4.78 is 0. The number of hydrogen-bond donors (Lipinski definition) is 2. The molecule has 1 unspecified atom stereocenters. The van der Waals surface area contributed by atoms with Gasteiger partial charge in [-0.1, -0.05) is 29.8 Å². The Bertz CT molecular complexity index is 1320. The number of piperazine rings is 1. The molecule has 2 aliphatic heterocycles. The summed E-state index contributed by atoms with van der Waals surface area (Å²) >= 11 is 6.13. The summed E-state index contributed by atoms with van der Waals surface area (Å²) in [6.45, 7) is 2.52. The van der Waals surface area contributed by atoms with E-state index in [1.165, 1.54) is 4.90 Å². The first-order valence-corrected chi connectivity index (χ1v) is 12.9. The number of benzene rings is 2. The van der Waals surface area contributed by atoms with Gasteiger partial charge in [-0.2, -0.15) is 0 Å². The number of amides is 4. The minimum Gasteiger partial charge on any atom is -0.384 e. The van der Waals surface area contributed by atoms with Crippen LogP contribution in [0.15, 0.2) is 54.6 Å². The monoisotopic (exact) mass is 520 g/mol. The number of aromatic nitrogens is 1. The number of nitrogens with zero attached hydrogens (tertiary/aromatic N) is 4. The summed E-state index contributed by atoms with van der Waals surface area (Å²) in [6, 6.07) is 15.1. The summed E-state index contributed by atoms with van der Waals surface area (Å²) in [5.41, 5.74) is 8.18. The number of pyridine rings is 1. The molecule has 9 nitrogen and oxygen atoms in total. The number of nitrogen functional groups attached to an aromatic ring is 1. The van der Waals surface area contributed by atoms with Crippen LogP contribution in [0.4, 0.5) is 16.3 Å². The van der Waals surface area contributed by atoms with Crippen molar-refractivity contribution in [1.29, 1.82) is 0 Å². The van der Waals surface area contributed by atoms with Crippen molar-refractivity contribution in [3.8, 4) is 0 Å². The Morgan fingerprint density at radius 2 is 1.73 bits per heavy atom. The quantitative estimate of drug-likeness (QED) is 0.511. The standard InChI is InChI=1S/C27H29ClN6O3/c28-19-9-10-20-22(16-19)30-24(29)17-23(20)32-12-14-33(15-13-32)27(37)31-21-8-4-5-11-34(26(21)36)25(35)18-6-2-1-3-7-18/h1-3,6-7,9-10,16-17,21H,4-5,8,11-15H2,(H2,29,30)(H,31,37). The molecule has 4 amide bonds. The fourth-order valence-electron chi connectivity index (χ4n) is 4.97. The van der Waals surface area contributed by atoms with Crippen LogP contribution < -0.4 is 16.0 Å². The molecule has 10 heteroatoms. The highest BCUT2D eigenvalue weighted by molar-refractivity contribution is 6.31. The van der Waals surface area contributed by atoms with Crippen molar-refractivity contribution in [3.05, 3.63) is 65.2 Å². The lowest BCUT2D eigenvalue weighted by Gasteiger charge is -2.37. The number of carbonyl (C=O) groups is 3. The van der Waals surface area contributed by atoms with Crippen LogP contribution in [0, 0.1) is 0 Å². The maximum absolute atomic E-state index is 13.2. The summed E-state index contributed by atoms with van der Waals surface area (Å²) in [6.07, 6.45) is 1.97. The summed E-state index contributed by atoms with van der Waals surface area (Å²) in [7, 11) is 0. The molecular formula is C27H29ClN6O3. The van der Waals surface area contributed by atoms with Crippen LogP contribution in [-0.4, -0.2) is 71.4 Å². The molecule has 37 heavy (non-hydrogen) atoms. The van der Waals surface area contributed by atoms with E-state index < -0.39 is 6.04 Å². The molecule has 2 fully saturated rings. The molecule has 0 radical (unpaired) electrons. The van der Waals surface area contributed by atoms with E-state index in [1.807, 2.05) is 24.3 Å². The average molecular weight is 521 g/mol. The van der Waals surface area contributed by atoms with Crippen LogP contribution >= 0.6 is 11.6 Å². The number of anilines is 2. The molecule has 2 aromatic carbocycles. The molecular weight excluding hydrogens is 492 g/mol. The topological polar surface area (TPSA) is 112 Å². The van der Waals surface area contributed by atoms with E-state index >= 15 is 0 Å². The molecule has 1 aromatic heterocycles. The van der Waals surface area contributed by atoms with Crippen molar-refractivity contribution in [3.63, 3.8) is 0 Å². The number of nitrogens with one attached hydrogen (secondary N) is 1. The van der Waals surface area contributed by atoms with Gasteiger partial charge < -0.3 is 20.9 Å². The van der Waals surface area contributed by atoms with Crippen molar-refractivity contribution in [2.75, 3.05) is 43.4 Å².